The number of hydrogen-bond donors (Lipinski definition) is 2. The van der Waals surface area contributed by atoms with Gasteiger partial charge in [-0.3, -0.25) is 9.69 Å². The van der Waals surface area contributed by atoms with E-state index < -0.39 is 0 Å². The molecule has 8 heteroatoms. The van der Waals surface area contributed by atoms with Gasteiger partial charge in [-0.2, -0.15) is 0 Å². The molecule has 0 radical (unpaired) electrons. The number of anilines is 1. The van der Waals surface area contributed by atoms with Gasteiger partial charge in [0.25, 0.3) is 0 Å². The van der Waals surface area contributed by atoms with Crippen LogP contribution in [-0.2, 0) is 24.3 Å². The van der Waals surface area contributed by atoms with Crippen molar-refractivity contribution >= 4 is 33.7 Å². The highest BCUT2D eigenvalue weighted by molar-refractivity contribution is 6.06. The molecular weight excluding hydrogens is 476 g/mol. The number of unbranched alkanes of at least 4 members (excludes halogenated alkanes) is 1. The molecule has 1 fully saturated rings. The third-order valence-electron chi connectivity index (χ3n) is 7.45. The first-order chi connectivity index (χ1) is 18.5. The third-order valence-corrected chi connectivity index (χ3v) is 7.45. The van der Waals surface area contributed by atoms with E-state index in [1.165, 1.54) is 0 Å². The summed E-state index contributed by atoms with van der Waals surface area (Å²) in [5.74, 6) is 1.84. The zero-order chi connectivity index (χ0) is 26.5. The summed E-state index contributed by atoms with van der Waals surface area (Å²) in [6.45, 7) is 6.43. The minimum absolute atomic E-state index is 0.135. The second-order valence-electron chi connectivity index (χ2n) is 10.3. The highest BCUT2D eigenvalue weighted by Crippen LogP contribution is 2.29. The Hall–Kier alpha value is -3.65. The van der Waals surface area contributed by atoms with Gasteiger partial charge in [0, 0.05) is 31.4 Å². The number of pyridine rings is 1. The molecule has 1 aliphatic heterocycles. The molecule has 200 valence electrons. The van der Waals surface area contributed by atoms with Crippen LogP contribution in [0.25, 0.3) is 21.9 Å². The second kappa shape index (κ2) is 11.8. The minimum Gasteiger partial charge on any atom is -0.508 e. The summed E-state index contributed by atoms with van der Waals surface area (Å²) in [6, 6.07) is 15.3. The molecule has 3 heterocycles. The van der Waals surface area contributed by atoms with Crippen LogP contribution in [0.5, 0.6) is 5.75 Å². The smallest absolute Gasteiger partial charge is 0.237 e. The van der Waals surface area contributed by atoms with E-state index in [2.05, 4.69) is 27.4 Å². The van der Waals surface area contributed by atoms with Crippen molar-refractivity contribution in [3.8, 4) is 5.75 Å². The van der Waals surface area contributed by atoms with Gasteiger partial charge in [0.05, 0.1) is 17.6 Å². The molecule has 5 rings (SSSR count). The molecule has 4 aromatic rings. The Bertz CT molecular complexity index is 1410. The van der Waals surface area contributed by atoms with Crippen molar-refractivity contribution in [3.63, 3.8) is 0 Å². The van der Waals surface area contributed by atoms with Crippen molar-refractivity contribution in [3.05, 3.63) is 59.9 Å². The number of nitrogens with zero attached hydrogens (tertiary/aromatic N) is 5. The van der Waals surface area contributed by atoms with Crippen molar-refractivity contribution in [2.45, 2.75) is 58.5 Å². The fourth-order valence-corrected chi connectivity index (χ4v) is 5.49. The van der Waals surface area contributed by atoms with Crippen molar-refractivity contribution in [1.29, 1.82) is 0 Å². The van der Waals surface area contributed by atoms with Gasteiger partial charge in [-0.05, 0) is 62.5 Å². The van der Waals surface area contributed by atoms with Crippen LogP contribution in [-0.4, -0.2) is 61.5 Å². The Balaban J connectivity index is 1.40. The average Bonchev–Trinajstić information content (AvgIpc) is 3.55. The number of nitrogens with two attached hydrogens (primary N) is 1. The lowest BCUT2D eigenvalue weighted by Gasteiger charge is -2.26. The molecule has 1 aliphatic rings. The van der Waals surface area contributed by atoms with Crippen LogP contribution in [0.3, 0.4) is 0 Å². The number of aromatic hydroxyl groups is 1. The van der Waals surface area contributed by atoms with E-state index in [0.29, 0.717) is 25.5 Å². The molecule has 0 spiro atoms. The average molecular weight is 515 g/mol. The third kappa shape index (κ3) is 5.75. The zero-order valence-corrected chi connectivity index (χ0v) is 22.3. The molecule has 38 heavy (non-hydrogen) atoms. The number of carbonyl (C=O) groups is 1. The number of carbonyl (C=O) groups excluding carboxylic acids is 1. The van der Waals surface area contributed by atoms with Gasteiger partial charge in [0.1, 0.15) is 17.1 Å². The van der Waals surface area contributed by atoms with Crippen LogP contribution < -0.4 is 5.73 Å². The maximum absolute atomic E-state index is 13.4. The van der Waals surface area contributed by atoms with Gasteiger partial charge < -0.3 is 20.3 Å². The van der Waals surface area contributed by atoms with Gasteiger partial charge in [-0.25, -0.2) is 9.97 Å². The zero-order valence-electron chi connectivity index (χ0n) is 22.3. The van der Waals surface area contributed by atoms with E-state index in [9.17, 15) is 9.90 Å². The van der Waals surface area contributed by atoms with Crippen LogP contribution in [0.15, 0.2) is 48.5 Å². The van der Waals surface area contributed by atoms with E-state index >= 15 is 0 Å². The Kier molecular flexibility index (Phi) is 8.08. The number of hydrogen-bond acceptors (Lipinski definition) is 6. The molecule has 2 aromatic heterocycles. The largest absolute Gasteiger partial charge is 0.508 e. The Morgan fingerprint density at radius 2 is 1.89 bits per heavy atom. The molecule has 1 saturated heterocycles. The topological polar surface area (TPSA) is 101 Å². The molecule has 0 unspecified atom stereocenters. The van der Waals surface area contributed by atoms with Gasteiger partial charge >= 0.3 is 0 Å². The number of aromatic nitrogens is 3. The standard InChI is InChI=1S/C30H38N6O2/c1-2-3-14-26-33-28-29(24-12-4-5-13-25(24)32-30(28)31)36(26)18-9-17-35(20-22-10-8-11-23(37)19-22)27(38)21-34-15-6-7-16-34/h4-5,8,10-13,19,37H,2-3,6-7,9,14-18,20-21H2,1H3,(H2,31,32). The van der Waals surface area contributed by atoms with Gasteiger partial charge in [-0.15, -0.1) is 0 Å². The SMILES string of the molecule is CCCCc1nc2c(N)nc3ccccc3c2n1CCCN(Cc1cccc(O)c1)C(=O)CN1CCCC1. The Morgan fingerprint density at radius 3 is 2.68 bits per heavy atom. The fourth-order valence-electron chi connectivity index (χ4n) is 5.49. The number of phenolic OH excluding ortho intramolecular Hbond substituents is 1. The number of likely N-dealkylation sites (tertiary alicyclic amines) is 1. The first-order valence-electron chi connectivity index (χ1n) is 13.8. The number of nitrogen functional groups attached to an aromatic ring is 1. The van der Waals surface area contributed by atoms with Crippen LogP contribution in [0.2, 0.25) is 0 Å². The van der Waals surface area contributed by atoms with Crippen LogP contribution in [0.1, 0.15) is 50.4 Å². The lowest BCUT2D eigenvalue weighted by atomic mass is 10.1. The lowest BCUT2D eigenvalue weighted by Crippen LogP contribution is -2.39. The number of imidazole rings is 1. The molecule has 0 aliphatic carbocycles. The lowest BCUT2D eigenvalue weighted by molar-refractivity contribution is -0.132. The molecule has 0 saturated carbocycles. The summed E-state index contributed by atoms with van der Waals surface area (Å²) in [5, 5.41) is 11.0. The second-order valence-corrected chi connectivity index (χ2v) is 10.3. The first kappa shape index (κ1) is 26.0. The maximum atomic E-state index is 13.4. The first-order valence-corrected chi connectivity index (χ1v) is 13.8. The van der Waals surface area contributed by atoms with Gasteiger partial charge in [-0.1, -0.05) is 43.7 Å². The number of aryl methyl sites for hydroxylation is 2. The molecule has 8 nitrogen and oxygen atoms in total. The van der Waals surface area contributed by atoms with Crippen molar-refractivity contribution < 1.29 is 9.90 Å². The van der Waals surface area contributed by atoms with E-state index in [1.54, 1.807) is 12.1 Å². The highest BCUT2D eigenvalue weighted by atomic mass is 16.3. The van der Waals surface area contributed by atoms with Gasteiger partial charge in [0.2, 0.25) is 5.91 Å². The number of fused-ring (bicyclic) bond motifs is 3. The molecule has 1 amide bonds. The summed E-state index contributed by atoms with van der Waals surface area (Å²) in [5.41, 5.74) is 9.95. The molecular formula is C30H38N6O2. The minimum atomic E-state index is 0.135. The monoisotopic (exact) mass is 514 g/mol. The number of para-hydroxylation sites is 1. The molecule has 3 N–H and O–H groups in total. The quantitative estimate of drug-likeness (QED) is 0.300. The van der Waals surface area contributed by atoms with Crippen LogP contribution in [0, 0.1) is 0 Å². The molecule has 0 bridgehead atoms. The van der Waals surface area contributed by atoms with Crippen molar-refractivity contribution in [2.75, 3.05) is 31.9 Å². The fraction of sp³-hybridized carbons (Fsp3) is 0.433. The summed E-state index contributed by atoms with van der Waals surface area (Å²) in [4.78, 5) is 27.1. The highest BCUT2D eigenvalue weighted by Gasteiger charge is 2.21. The predicted molar refractivity (Wildman–Crippen MR) is 152 cm³/mol. The summed E-state index contributed by atoms with van der Waals surface area (Å²) >= 11 is 0. The number of amides is 1. The van der Waals surface area contributed by atoms with E-state index in [4.69, 9.17) is 10.7 Å². The van der Waals surface area contributed by atoms with E-state index in [0.717, 1.165) is 91.5 Å². The molecule has 2 aromatic carbocycles. The normalized spacial score (nSPS) is 14.0. The number of rotatable bonds is 11. The summed E-state index contributed by atoms with van der Waals surface area (Å²) < 4.78 is 2.29. The van der Waals surface area contributed by atoms with Crippen LogP contribution in [0.4, 0.5) is 5.82 Å². The Morgan fingerprint density at radius 1 is 1.08 bits per heavy atom. The van der Waals surface area contributed by atoms with Crippen molar-refractivity contribution in [2.24, 2.45) is 0 Å². The van der Waals surface area contributed by atoms with Crippen molar-refractivity contribution in [1.82, 2.24) is 24.3 Å². The molecule has 0 atom stereocenters. The van der Waals surface area contributed by atoms with E-state index in [1.807, 2.05) is 35.2 Å². The summed E-state index contributed by atoms with van der Waals surface area (Å²) in [7, 11) is 0. The number of phenols is 1. The maximum Gasteiger partial charge on any atom is 0.237 e. The van der Waals surface area contributed by atoms with Gasteiger partial charge in [0.15, 0.2) is 5.82 Å². The number of benzene rings is 2. The van der Waals surface area contributed by atoms with E-state index in [-0.39, 0.29) is 11.7 Å². The summed E-state index contributed by atoms with van der Waals surface area (Å²) in [6.07, 6.45) is 6.10. The Labute approximate surface area is 224 Å². The predicted octanol–water partition coefficient (Wildman–Crippen LogP) is 4.73. The van der Waals surface area contributed by atoms with Crippen LogP contribution >= 0.6 is 0 Å².